The average molecular weight is 362 g/mol. The van der Waals surface area contributed by atoms with E-state index in [9.17, 15) is 9.59 Å². The van der Waals surface area contributed by atoms with Gasteiger partial charge in [-0.3, -0.25) is 9.59 Å². The monoisotopic (exact) mass is 361 g/mol. The average Bonchev–Trinajstić information content (AvgIpc) is 3.07. The third-order valence-electron chi connectivity index (χ3n) is 3.87. The van der Waals surface area contributed by atoms with Crippen LogP contribution in [0.2, 0.25) is 0 Å². The molecule has 0 atom stereocenters. The minimum atomic E-state index is -0.718. The fourth-order valence-electron chi connectivity index (χ4n) is 2.35. The van der Waals surface area contributed by atoms with Crippen molar-refractivity contribution in [3.05, 3.63) is 52.2 Å². The van der Waals surface area contributed by atoms with E-state index in [2.05, 4.69) is 11.4 Å². The maximum atomic E-state index is 12.4. The van der Waals surface area contributed by atoms with E-state index >= 15 is 0 Å². The van der Waals surface area contributed by atoms with Gasteiger partial charge in [0.2, 0.25) is 5.91 Å². The van der Waals surface area contributed by atoms with Gasteiger partial charge >= 0.3 is 0 Å². The van der Waals surface area contributed by atoms with Crippen molar-refractivity contribution < 1.29 is 9.59 Å². The molecule has 0 aliphatic rings. The highest BCUT2D eigenvalue weighted by molar-refractivity contribution is 7.98. The Hall–Kier alpha value is -1.59. The van der Waals surface area contributed by atoms with Crippen molar-refractivity contribution in [3.8, 4) is 0 Å². The van der Waals surface area contributed by atoms with E-state index in [1.54, 1.807) is 23.1 Å². The first-order valence-electron chi connectivity index (χ1n) is 7.90. The molecule has 0 bridgehead atoms. The van der Waals surface area contributed by atoms with Crippen LogP contribution >= 0.6 is 23.1 Å². The predicted molar refractivity (Wildman–Crippen MR) is 102 cm³/mol. The number of amides is 1. The number of thioether (sulfide) groups is 1. The van der Waals surface area contributed by atoms with Crippen LogP contribution in [-0.4, -0.2) is 24.5 Å². The van der Waals surface area contributed by atoms with Crippen molar-refractivity contribution in [1.29, 1.82) is 0 Å². The summed E-state index contributed by atoms with van der Waals surface area (Å²) in [6, 6.07) is 11.6. The third-order valence-corrected chi connectivity index (χ3v) is 5.55. The lowest BCUT2D eigenvalue weighted by atomic mass is 9.84. The summed E-state index contributed by atoms with van der Waals surface area (Å²) in [7, 11) is 0. The standard InChI is InChI=1S/C19H23NO2S2/c1-19(2,18(22)20-11-10-16-5-4-12-24-16)13-17(21)14-6-8-15(23-3)9-7-14/h4-9,12H,10-11,13H2,1-3H3,(H,20,22). The van der Waals surface area contributed by atoms with E-state index in [4.69, 9.17) is 0 Å². The summed E-state index contributed by atoms with van der Waals surface area (Å²) in [4.78, 5) is 27.2. The summed E-state index contributed by atoms with van der Waals surface area (Å²) in [5.41, 5.74) is -0.0580. The number of benzene rings is 1. The van der Waals surface area contributed by atoms with Crippen LogP contribution in [0, 0.1) is 5.41 Å². The van der Waals surface area contributed by atoms with Crippen molar-refractivity contribution >= 4 is 34.8 Å². The van der Waals surface area contributed by atoms with Crippen molar-refractivity contribution in [2.24, 2.45) is 5.41 Å². The summed E-state index contributed by atoms with van der Waals surface area (Å²) in [6.07, 6.45) is 3.03. The zero-order valence-corrected chi connectivity index (χ0v) is 15.9. The first-order chi connectivity index (χ1) is 11.4. The lowest BCUT2D eigenvalue weighted by molar-refractivity contribution is -0.129. The number of carbonyl (C=O) groups excluding carboxylic acids is 2. The number of carbonyl (C=O) groups is 2. The maximum absolute atomic E-state index is 12.4. The van der Waals surface area contributed by atoms with Crippen LogP contribution in [-0.2, 0) is 11.2 Å². The number of ketones is 1. The van der Waals surface area contributed by atoms with Gasteiger partial charge < -0.3 is 5.32 Å². The van der Waals surface area contributed by atoms with Crippen LogP contribution in [0.1, 0.15) is 35.5 Å². The second-order valence-electron chi connectivity index (χ2n) is 6.30. The van der Waals surface area contributed by atoms with Gasteiger partial charge in [-0.15, -0.1) is 23.1 Å². The molecule has 2 rings (SSSR count). The molecule has 128 valence electrons. The lowest BCUT2D eigenvalue weighted by Gasteiger charge is -2.22. The fraction of sp³-hybridized carbons (Fsp3) is 0.368. The molecule has 1 heterocycles. The zero-order valence-electron chi connectivity index (χ0n) is 14.3. The highest BCUT2D eigenvalue weighted by atomic mass is 32.2. The molecule has 3 nitrogen and oxygen atoms in total. The van der Waals surface area contributed by atoms with E-state index in [0.29, 0.717) is 12.1 Å². The Bertz CT molecular complexity index is 676. The Morgan fingerprint density at radius 1 is 1.17 bits per heavy atom. The molecule has 1 amide bonds. The molecule has 0 aliphatic carbocycles. The summed E-state index contributed by atoms with van der Waals surface area (Å²) in [5, 5.41) is 4.98. The molecule has 1 aromatic carbocycles. The Balaban J connectivity index is 1.88. The SMILES string of the molecule is CSc1ccc(C(=O)CC(C)(C)C(=O)NCCc2cccs2)cc1. The molecule has 0 saturated carbocycles. The fourth-order valence-corrected chi connectivity index (χ4v) is 3.47. The topological polar surface area (TPSA) is 46.2 Å². The van der Waals surface area contributed by atoms with E-state index in [-0.39, 0.29) is 18.1 Å². The lowest BCUT2D eigenvalue weighted by Crippen LogP contribution is -2.39. The summed E-state index contributed by atoms with van der Waals surface area (Å²) in [5.74, 6) is -0.0748. The number of thiophene rings is 1. The number of hydrogen-bond acceptors (Lipinski definition) is 4. The van der Waals surface area contributed by atoms with E-state index < -0.39 is 5.41 Å². The van der Waals surface area contributed by atoms with Crippen LogP contribution in [0.5, 0.6) is 0 Å². The minimum Gasteiger partial charge on any atom is -0.355 e. The van der Waals surface area contributed by atoms with Gasteiger partial charge in [0, 0.05) is 28.3 Å². The molecular weight excluding hydrogens is 338 g/mol. The first-order valence-corrected chi connectivity index (χ1v) is 10.0. The summed E-state index contributed by atoms with van der Waals surface area (Å²) < 4.78 is 0. The third kappa shape index (κ3) is 5.21. The first kappa shape index (κ1) is 18.7. The maximum Gasteiger partial charge on any atom is 0.226 e. The number of rotatable bonds is 8. The molecule has 2 aromatic rings. The van der Waals surface area contributed by atoms with Crippen LogP contribution in [0.25, 0.3) is 0 Å². The Morgan fingerprint density at radius 2 is 1.88 bits per heavy atom. The Morgan fingerprint density at radius 3 is 2.46 bits per heavy atom. The van der Waals surface area contributed by atoms with E-state index in [1.807, 2.05) is 55.8 Å². The van der Waals surface area contributed by atoms with Crippen molar-refractivity contribution in [2.45, 2.75) is 31.6 Å². The minimum absolute atomic E-state index is 0.000981. The van der Waals surface area contributed by atoms with Gasteiger partial charge in [0.05, 0.1) is 5.41 Å². The van der Waals surface area contributed by atoms with Crippen molar-refractivity contribution in [1.82, 2.24) is 5.32 Å². The van der Waals surface area contributed by atoms with Crippen LogP contribution in [0.4, 0.5) is 0 Å². The van der Waals surface area contributed by atoms with Crippen molar-refractivity contribution in [2.75, 3.05) is 12.8 Å². The molecule has 0 unspecified atom stereocenters. The molecule has 1 N–H and O–H groups in total. The quantitative estimate of drug-likeness (QED) is 0.559. The molecule has 1 aromatic heterocycles. The number of nitrogens with one attached hydrogen (secondary N) is 1. The van der Waals surface area contributed by atoms with Gasteiger partial charge in [-0.2, -0.15) is 0 Å². The second-order valence-corrected chi connectivity index (χ2v) is 8.21. The summed E-state index contributed by atoms with van der Waals surface area (Å²) >= 11 is 3.33. The molecular formula is C19H23NO2S2. The normalized spacial score (nSPS) is 11.3. The van der Waals surface area contributed by atoms with Gasteiger partial charge in [-0.05, 0) is 36.3 Å². The molecule has 0 saturated heterocycles. The molecule has 24 heavy (non-hydrogen) atoms. The molecule has 0 spiro atoms. The largest absolute Gasteiger partial charge is 0.355 e. The van der Waals surface area contributed by atoms with Gasteiger partial charge in [-0.1, -0.05) is 32.0 Å². The number of Topliss-reactive ketones (excluding diaryl/α,β-unsaturated/α-hetero) is 1. The van der Waals surface area contributed by atoms with Crippen molar-refractivity contribution in [3.63, 3.8) is 0 Å². The highest BCUT2D eigenvalue weighted by Gasteiger charge is 2.30. The van der Waals surface area contributed by atoms with Gasteiger partial charge in [-0.25, -0.2) is 0 Å². The zero-order chi connectivity index (χ0) is 17.6. The molecule has 0 aliphatic heterocycles. The Kier molecular flexibility index (Phi) is 6.63. The van der Waals surface area contributed by atoms with Crippen LogP contribution in [0.15, 0.2) is 46.7 Å². The van der Waals surface area contributed by atoms with Crippen LogP contribution < -0.4 is 5.32 Å². The highest BCUT2D eigenvalue weighted by Crippen LogP contribution is 2.24. The van der Waals surface area contributed by atoms with E-state index in [1.165, 1.54) is 4.88 Å². The van der Waals surface area contributed by atoms with Crippen LogP contribution in [0.3, 0.4) is 0 Å². The smallest absolute Gasteiger partial charge is 0.226 e. The second kappa shape index (κ2) is 8.49. The van der Waals surface area contributed by atoms with Gasteiger partial charge in [0.25, 0.3) is 0 Å². The predicted octanol–water partition coefficient (Wildman–Crippen LogP) is 4.43. The van der Waals surface area contributed by atoms with Gasteiger partial charge in [0.15, 0.2) is 5.78 Å². The van der Waals surface area contributed by atoms with Gasteiger partial charge in [0.1, 0.15) is 0 Å². The van der Waals surface area contributed by atoms with E-state index in [0.717, 1.165) is 11.3 Å². The summed E-state index contributed by atoms with van der Waals surface area (Å²) in [6.45, 7) is 4.24. The molecule has 5 heteroatoms. The molecule has 0 fully saturated rings. The number of hydrogen-bond donors (Lipinski definition) is 1. The molecule has 0 radical (unpaired) electrons. The Labute approximate surface area is 151 Å².